The predicted molar refractivity (Wildman–Crippen MR) is 103 cm³/mol. The van der Waals surface area contributed by atoms with Crippen LogP contribution in [-0.4, -0.2) is 18.4 Å². The van der Waals surface area contributed by atoms with E-state index in [4.69, 9.17) is 9.15 Å². The van der Waals surface area contributed by atoms with Gasteiger partial charge in [0, 0.05) is 11.4 Å². The third-order valence-corrected chi connectivity index (χ3v) is 4.06. The van der Waals surface area contributed by atoms with E-state index in [2.05, 4.69) is 10.6 Å². The van der Waals surface area contributed by atoms with Crippen molar-refractivity contribution in [3.8, 4) is 5.75 Å². The SMILES string of the molecule is Cc1cccc(OCC(=O)Nc2cccc(NC(=O)c3ccco3)c2)c1C. The lowest BCUT2D eigenvalue weighted by atomic mass is 10.1. The molecule has 0 aliphatic rings. The van der Waals surface area contributed by atoms with Crippen molar-refractivity contribution in [2.24, 2.45) is 0 Å². The van der Waals surface area contributed by atoms with Gasteiger partial charge in [0.05, 0.1) is 6.26 Å². The topological polar surface area (TPSA) is 80.6 Å². The zero-order chi connectivity index (χ0) is 19.2. The smallest absolute Gasteiger partial charge is 0.291 e. The number of carbonyl (C=O) groups excluding carboxylic acids is 2. The largest absolute Gasteiger partial charge is 0.483 e. The first kappa shape index (κ1) is 18.3. The van der Waals surface area contributed by atoms with Gasteiger partial charge in [0.2, 0.25) is 0 Å². The van der Waals surface area contributed by atoms with Crippen LogP contribution in [-0.2, 0) is 4.79 Å². The first-order valence-corrected chi connectivity index (χ1v) is 8.47. The summed E-state index contributed by atoms with van der Waals surface area (Å²) in [6.45, 7) is 3.84. The molecule has 6 heteroatoms. The van der Waals surface area contributed by atoms with Gasteiger partial charge in [0.1, 0.15) is 5.75 Å². The molecule has 3 aromatic rings. The molecule has 0 unspecified atom stereocenters. The van der Waals surface area contributed by atoms with E-state index >= 15 is 0 Å². The lowest BCUT2D eigenvalue weighted by Gasteiger charge is -2.11. The van der Waals surface area contributed by atoms with Crippen LogP contribution in [0.2, 0.25) is 0 Å². The van der Waals surface area contributed by atoms with E-state index < -0.39 is 0 Å². The van der Waals surface area contributed by atoms with E-state index in [1.54, 1.807) is 36.4 Å². The van der Waals surface area contributed by atoms with Gasteiger partial charge in [-0.15, -0.1) is 0 Å². The minimum Gasteiger partial charge on any atom is -0.483 e. The standard InChI is InChI=1S/C21H20N2O4/c1-14-6-3-9-18(15(14)2)27-13-20(24)22-16-7-4-8-17(12-16)23-21(25)19-10-5-11-26-19/h3-12H,13H2,1-2H3,(H,22,24)(H,23,25). The summed E-state index contributed by atoms with van der Waals surface area (Å²) in [5, 5.41) is 5.47. The average molecular weight is 364 g/mol. The molecule has 0 saturated carbocycles. The molecule has 6 nitrogen and oxygen atoms in total. The van der Waals surface area contributed by atoms with Crippen molar-refractivity contribution in [1.82, 2.24) is 0 Å². The van der Waals surface area contributed by atoms with Crippen molar-refractivity contribution < 1.29 is 18.7 Å². The van der Waals surface area contributed by atoms with Crippen LogP contribution in [0.4, 0.5) is 11.4 Å². The van der Waals surface area contributed by atoms with Crippen LogP contribution in [0.1, 0.15) is 21.7 Å². The molecule has 2 amide bonds. The molecule has 1 aromatic heterocycles. The minimum absolute atomic E-state index is 0.104. The number of nitrogens with one attached hydrogen (secondary N) is 2. The van der Waals surface area contributed by atoms with Gasteiger partial charge in [0.15, 0.2) is 12.4 Å². The van der Waals surface area contributed by atoms with Gasteiger partial charge < -0.3 is 19.8 Å². The Bertz CT molecular complexity index is 949. The van der Waals surface area contributed by atoms with E-state index in [-0.39, 0.29) is 24.2 Å². The molecule has 0 spiro atoms. The highest BCUT2D eigenvalue weighted by Gasteiger charge is 2.10. The van der Waals surface area contributed by atoms with Crippen molar-refractivity contribution in [1.29, 1.82) is 0 Å². The van der Waals surface area contributed by atoms with Crippen molar-refractivity contribution in [2.45, 2.75) is 13.8 Å². The molecule has 0 fully saturated rings. The summed E-state index contributed by atoms with van der Waals surface area (Å²) >= 11 is 0. The Morgan fingerprint density at radius 2 is 1.70 bits per heavy atom. The number of amides is 2. The van der Waals surface area contributed by atoms with E-state index in [1.165, 1.54) is 6.26 Å². The lowest BCUT2D eigenvalue weighted by Crippen LogP contribution is -2.20. The minimum atomic E-state index is -0.360. The zero-order valence-corrected chi connectivity index (χ0v) is 15.1. The second-order valence-corrected chi connectivity index (χ2v) is 6.05. The quantitative estimate of drug-likeness (QED) is 0.688. The summed E-state index contributed by atoms with van der Waals surface area (Å²) in [6, 6.07) is 15.8. The Morgan fingerprint density at radius 1 is 0.963 bits per heavy atom. The van der Waals surface area contributed by atoms with E-state index in [9.17, 15) is 9.59 Å². The highest BCUT2D eigenvalue weighted by atomic mass is 16.5. The molecule has 0 saturated heterocycles. The number of carbonyl (C=O) groups is 2. The second-order valence-electron chi connectivity index (χ2n) is 6.05. The summed E-state index contributed by atoms with van der Waals surface area (Å²) in [5.41, 5.74) is 3.22. The fourth-order valence-electron chi connectivity index (χ4n) is 2.50. The van der Waals surface area contributed by atoms with Crippen LogP contribution in [0.3, 0.4) is 0 Å². The van der Waals surface area contributed by atoms with Crippen LogP contribution >= 0.6 is 0 Å². The monoisotopic (exact) mass is 364 g/mol. The number of anilines is 2. The normalized spacial score (nSPS) is 10.3. The van der Waals surface area contributed by atoms with Gasteiger partial charge >= 0.3 is 0 Å². The summed E-state index contributed by atoms with van der Waals surface area (Å²) in [4.78, 5) is 24.2. The number of furan rings is 1. The Morgan fingerprint density at radius 3 is 2.44 bits per heavy atom. The molecule has 0 aliphatic carbocycles. The summed E-state index contributed by atoms with van der Waals surface area (Å²) in [6.07, 6.45) is 1.43. The number of hydrogen-bond donors (Lipinski definition) is 2. The van der Waals surface area contributed by atoms with Crippen molar-refractivity contribution in [3.63, 3.8) is 0 Å². The highest BCUT2D eigenvalue weighted by molar-refractivity contribution is 6.02. The van der Waals surface area contributed by atoms with Crippen LogP contribution in [0, 0.1) is 13.8 Å². The molecular weight excluding hydrogens is 344 g/mol. The van der Waals surface area contributed by atoms with Crippen LogP contribution in [0.15, 0.2) is 65.3 Å². The molecule has 1 heterocycles. The number of rotatable bonds is 6. The maximum atomic E-state index is 12.2. The van der Waals surface area contributed by atoms with Crippen LogP contribution < -0.4 is 15.4 Å². The van der Waals surface area contributed by atoms with Gasteiger partial charge in [0.25, 0.3) is 11.8 Å². The van der Waals surface area contributed by atoms with Crippen molar-refractivity contribution in [2.75, 3.05) is 17.2 Å². The third-order valence-electron chi connectivity index (χ3n) is 4.06. The first-order chi connectivity index (χ1) is 13.0. The maximum absolute atomic E-state index is 12.2. The van der Waals surface area contributed by atoms with E-state index in [1.807, 2.05) is 32.0 Å². The number of benzene rings is 2. The molecule has 0 atom stereocenters. The molecule has 3 rings (SSSR count). The average Bonchev–Trinajstić information content (AvgIpc) is 3.18. The number of hydrogen-bond acceptors (Lipinski definition) is 4. The molecular formula is C21H20N2O4. The van der Waals surface area contributed by atoms with Gasteiger partial charge in [-0.05, 0) is 61.4 Å². The highest BCUT2D eigenvalue weighted by Crippen LogP contribution is 2.21. The summed E-state index contributed by atoms with van der Waals surface area (Å²) in [7, 11) is 0. The van der Waals surface area contributed by atoms with Gasteiger partial charge in [-0.2, -0.15) is 0 Å². The van der Waals surface area contributed by atoms with Gasteiger partial charge in [-0.3, -0.25) is 9.59 Å². The Hall–Kier alpha value is -3.54. The summed E-state index contributed by atoms with van der Waals surface area (Å²) < 4.78 is 10.7. The Balaban J connectivity index is 1.58. The van der Waals surface area contributed by atoms with E-state index in [0.717, 1.165) is 11.1 Å². The Kier molecular flexibility index (Phi) is 5.56. The lowest BCUT2D eigenvalue weighted by molar-refractivity contribution is -0.118. The fourth-order valence-corrected chi connectivity index (χ4v) is 2.50. The number of ether oxygens (including phenoxy) is 1. The first-order valence-electron chi connectivity index (χ1n) is 8.47. The molecule has 0 bridgehead atoms. The fraction of sp³-hybridized carbons (Fsp3) is 0.143. The molecule has 138 valence electrons. The van der Waals surface area contributed by atoms with Gasteiger partial charge in [-0.1, -0.05) is 18.2 Å². The number of aryl methyl sites for hydroxylation is 1. The van der Waals surface area contributed by atoms with Gasteiger partial charge in [-0.25, -0.2) is 0 Å². The van der Waals surface area contributed by atoms with Crippen molar-refractivity contribution >= 4 is 23.2 Å². The second kappa shape index (κ2) is 8.23. The summed E-state index contributed by atoms with van der Waals surface area (Å²) in [5.74, 6) is 0.253. The molecule has 0 aliphatic heterocycles. The third kappa shape index (κ3) is 4.76. The van der Waals surface area contributed by atoms with E-state index in [0.29, 0.717) is 17.1 Å². The molecule has 2 aromatic carbocycles. The predicted octanol–water partition coefficient (Wildman–Crippen LogP) is 4.17. The molecule has 2 N–H and O–H groups in total. The molecule has 27 heavy (non-hydrogen) atoms. The Labute approximate surface area is 157 Å². The maximum Gasteiger partial charge on any atom is 0.291 e. The zero-order valence-electron chi connectivity index (χ0n) is 15.1. The molecule has 0 radical (unpaired) electrons. The van der Waals surface area contributed by atoms with Crippen molar-refractivity contribution in [3.05, 3.63) is 77.7 Å². The van der Waals surface area contributed by atoms with Crippen LogP contribution in [0.25, 0.3) is 0 Å². The van der Waals surface area contributed by atoms with Crippen LogP contribution in [0.5, 0.6) is 5.75 Å².